The summed E-state index contributed by atoms with van der Waals surface area (Å²) in [6.45, 7) is 3.08. The molecule has 0 unspecified atom stereocenters. The molecule has 126 valence electrons. The smallest absolute Gasteiger partial charge is 0.417 e. The number of anilines is 1. The molecule has 5 nitrogen and oxygen atoms in total. The van der Waals surface area contributed by atoms with Crippen molar-refractivity contribution in [3.63, 3.8) is 0 Å². The molecule has 1 aromatic carbocycles. The molecular formula is C15H16F3NO4. The number of hydrogen-bond acceptors (Lipinski definition) is 4. The minimum Gasteiger partial charge on any atom is -0.501 e. The highest BCUT2D eigenvalue weighted by Crippen LogP contribution is 2.36. The number of carbonyl (C=O) groups is 2. The van der Waals surface area contributed by atoms with Crippen molar-refractivity contribution in [2.75, 3.05) is 19.0 Å². The number of alkyl halides is 3. The molecule has 1 N–H and O–H groups in total. The largest absolute Gasteiger partial charge is 0.501 e. The fourth-order valence-corrected chi connectivity index (χ4v) is 1.79. The van der Waals surface area contributed by atoms with Crippen LogP contribution in [0.1, 0.15) is 35.3 Å². The molecule has 0 aliphatic rings. The van der Waals surface area contributed by atoms with Crippen LogP contribution in [0.4, 0.5) is 18.9 Å². The lowest BCUT2D eigenvalue weighted by Crippen LogP contribution is -2.16. The van der Waals surface area contributed by atoms with Crippen LogP contribution in [0.25, 0.3) is 6.08 Å². The first-order valence-corrected chi connectivity index (χ1v) is 6.60. The Morgan fingerprint density at radius 1 is 1.30 bits per heavy atom. The predicted octanol–water partition coefficient (Wildman–Crippen LogP) is 3.46. The van der Waals surface area contributed by atoms with E-state index in [2.05, 4.69) is 10.1 Å². The maximum atomic E-state index is 13.2. The van der Waals surface area contributed by atoms with Gasteiger partial charge in [0.15, 0.2) is 0 Å². The average Bonchev–Trinajstić information content (AvgIpc) is 2.45. The molecule has 0 aliphatic carbocycles. The van der Waals surface area contributed by atoms with Crippen LogP contribution in [0.5, 0.6) is 0 Å². The van der Waals surface area contributed by atoms with Crippen LogP contribution in [-0.2, 0) is 20.4 Å². The Morgan fingerprint density at radius 2 is 1.96 bits per heavy atom. The number of hydrogen-bond donors (Lipinski definition) is 1. The van der Waals surface area contributed by atoms with Gasteiger partial charge in [-0.2, -0.15) is 13.2 Å². The zero-order valence-electron chi connectivity index (χ0n) is 12.8. The van der Waals surface area contributed by atoms with Crippen LogP contribution in [0, 0.1) is 0 Å². The van der Waals surface area contributed by atoms with Crippen molar-refractivity contribution in [2.45, 2.75) is 20.0 Å². The van der Waals surface area contributed by atoms with Crippen molar-refractivity contribution >= 4 is 23.6 Å². The Kier molecular flexibility index (Phi) is 6.18. The molecule has 0 spiro atoms. The summed E-state index contributed by atoms with van der Waals surface area (Å²) in [6.07, 6.45) is -2.48. The van der Waals surface area contributed by atoms with E-state index < -0.39 is 23.6 Å². The Bertz CT molecular complexity index is 624. The second-order valence-corrected chi connectivity index (χ2v) is 4.41. The minimum atomic E-state index is -4.67. The second-order valence-electron chi connectivity index (χ2n) is 4.41. The van der Waals surface area contributed by atoms with E-state index in [0.717, 1.165) is 32.4 Å². The highest BCUT2D eigenvalue weighted by Gasteiger charge is 2.34. The molecule has 23 heavy (non-hydrogen) atoms. The average molecular weight is 331 g/mol. The first-order valence-electron chi connectivity index (χ1n) is 6.60. The molecule has 0 radical (unpaired) electrons. The van der Waals surface area contributed by atoms with E-state index in [4.69, 9.17) is 4.74 Å². The molecule has 0 saturated heterocycles. The standard InChI is InChI=1S/C15H16F3NO4/c1-4-23-6-5-10-7-11(14(21)22-3)13(19-9(2)20)8-12(10)15(16,17)18/h5-8H,4H2,1-3H3,(H,19,20). The molecule has 8 heteroatoms. The van der Waals surface area contributed by atoms with Gasteiger partial charge in [-0.25, -0.2) is 4.79 Å². The molecule has 0 atom stereocenters. The summed E-state index contributed by atoms with van der Waals surface area (Å²) < 4.78 is 49.0. The summed E-state index contributed by atoms with van der Waals surface area (Å²) in [6, 6.07) is 1.69. The van der Waals surface area contributed by atoms with Gasteiger partial charge in [0.2, 0.25) is 5.91 Å². The minimum absolute atomic E-state index is 0.188. The van der Waals surface area contributed by atoms with Gasteiger partial charge in [0.05, 0.1) is 36.8 Å². The molecular weight excluding hydrogens is 315 g/mol. The number of carbonyl (C=O) groups excluding carboxylic acids is 2. The summed E-state index contributed by atoms with van der Waals surface area (Å²) in [4.78, 5) is 22.9. The number of amides is 1. The second kappa shape index (κ2) is 7.66. The van der Waals surface area contributed by atoms with Crippen molar-refractivity contribution in [3.05, 3.63) is 35.1 Å². The molecule has 0 bridgehead atoms. The molecule has 0 heterocycles. The van der Waals surface area contributed by atoms with E-state index >= 15 is 0 Å². The fraction of sp³-hybridized carbons (Fsp3) is 0.333. The number of methoxy groups -OCH3 is 1. The van der Waals surface area contributed by atoms with E-state index in [0.29, 0.717) is 6.07 Å². The Labute approximate surface area is 131 Å². The first kappa shape index (κ1) is 18.5. The Hall–Kier alpha value is -2.51. The van der Waals surface area contributed by atoms with Gasteiger partial charge in [-0.05, 0) is 30.7 Å². The molecule has 1 aromatic rings. The number of benzene rings is 1. The number of esters is 1. The molecule has 0 saturated carbocycles. The summed E-state index contributed by atoms with van der Waals surface area (Å²) in [5.41, 5.74) is -1.75. The number of nitrogens with one attached hydrogen (secondary N) is 1. The summed E-state index contributed by atoms with van der Waals surface area (Å²) >= 11 is 0. The number of ether oxygens (including phenoxy) is 2. The SMILES string of the molecule is CCOC=Cc1cc(C(=O)OC)c(NC(C)=O)cc1C(F)(F)F. The van der Waals surface area contributed by atoms with Crippen LogP contribution in [0.15, 0.2) is 18.4 Å². The quantitative estimate of drug-likeness (QED) is 0.663. The van der Waals surface area contributed by atoms with Gasteiger partial charge in [0.25, 0.3) is 0 Å². The number of halogens is 3. The molecule has 0 aromatic heterocycles. The summed E-state index contributed by atoms with van der Waals surface area (Å²) in [5, 5.41) is 2.20. The van der Waals surface area contributed by atoms with Gasteiger partial charge in [0.1, 0.15) is 0 Å². The summed E-state index contributed by atoms with van der Waals surface area (Å²) in [5.74, 6) is -1.48. The van der Waals surface area contributed by atoms with Crippen molar-refractivity contribution < 1.29 is 32.2 Å². The normalized spacial score (nSPS) is 11.4. The lowest BCUT2D eigenvalue weighted by atomic mass is 10.0. The third-order valence-electron chi connectivity index (χ3n) is 2.72. The van der Waals surface area contributed by atoms with Crippen LogP contribution >= 0.6 is 0 Å². The van der Waals surface area contributed by atoms with Crippen LogP contribution < -0.4 is 5.32 Å². The maximum absolute atomic E-state index is 13.2. The van der Waals surface area contributed by atoms with E-state index in [1.165, 1.54) is 0 Å². The van der Waals surface area contributed by atoms with Gasteiger partial charge < -0.3 is 14.8 Å². The van der Waals surface area contributed by atoms with Gasteiger partial charge >= 0.3 is 12.1 Å². The topological polar surface area (TPSA) is 64.6 Å². The van der Waals surface area contributed by atoms with Crippen LogP contribution in [0.3, 0.4) is 0 Å². The highest BCUT2D eigenvalue weighted by atomic mass is 19.4. The van der Waals surface area contributed by atoms with Gasteiger partial charge in [-0.3, -0.25) is 4.79 Å². The lowest BCUT2D eigenvalue weighted by Gasteiger charge is -2.16. The predicted molar refractivity (Wildman–Crippen MR) is 77.7 cm³/mol. The molecule has 0 aliphatic heterocycles. The maximum Gasteiger partial charge on any atom is 0.417 e. The van der Waals surface area contributed by atoms with Crippen molar-refractivity contribution in [1.29, 1.82) is 0 Å². The molecule has 1 amide bonds. The van der Waals surface area contributed by atoms with Crippen molar-refractivity contribution in [1.82, 2.24) is 0 Å². The Morgan fingerprint density at radius 3 is 2.43 bits per heavy atom. The van der Waals surface area contributed by atoms with Gasteiger partial charge in [-0.15, -0.1) is 0 Å². The van der Waals surface area contributed by atoms with Crippen LogP contribution in [-0.4, -0.2) is 25.6 Å². The molecule has 1 rings (SSSR count). The Balaban J connectivity index is 3.53. The first-order chi connectivity index (χ1) is 10.7. The number of rotatable bonds is 5. The zero-order valence-corrected chi connectivity index (χ0v) is 12.8. The van der Waals surface area contributed by atoms with Crippen LogP contribution in [0.2, 0.25) is 0 Å². The van der Waals surface area contributed by atoms with Gasteiger partial charge in [-0.1, -0.05) is 0 Å². The highest BCUT2D eigenvalue weighted by molar-refractivity contribution is 6.01. The third kappa shape index (κ3) is 5.01. The van der Waals surface area contributed by atoms with Crippen molar-refractivity contribution in [3.8, 4) is 0 Å². The fourth-order valence-electron chi connectivity index (χ4n) is 1.79. The van der Waals surface area contributed by atoms with E-state index in [9.17, 15) is 22.8 Å². The third-order valence-corrected chi connectivity index (χ3v) is 2.72. The van der Waals surface area contributed by atoms with Crippen molar-refractivity contribution in [2.24, 2.45) is 0 Å². The molecule has 0 fully saturated rings. The lowest BCUT2D eigenvalue weighted by molar-refractivity contribution is -0.137. The van der Waals surface area contributed by atoms with E-state index in [1.807, 2.05) is 0 Å². The van der Waals surface area contributed by atoms with Gasteiger partial charge in [0, 0.05) is 6.92 Å². The monoisotopic (exact) mass is 331 g/mol. The van der Waals surface area contributed by atoms with E-state index in [1.54, 1.807) is 6.92 Å². The summed E-state index contributed by atoms with van der Waals surface area (Å²) in [7, 11) is 1.09. The van der Waals surface area contributed by atoms with E-state index in [-0.39, 0.29) is 23.4 Å². The zero-order chi connectivity index (χ0) is 17.6.